The van der Waals surface area contributed by atoms with E-state index in [9.17, 15) is 19.5 Å². The Morgan fingerprint density at radius 2 is 1.97 bits per heavy atom. The molecule has 0 amide bonds. The number of ketones is 2. The molecule has 0 spiro atoms. The largest absolute Gasteiger partial charge is 0.446 e. The minimum absolute atomic E-state index is 0.0498. The summed E-state index contributed by atoms with van der Waals surface area (Å²) in [6.07, 6.45) is 3.60. The van der Waals surface area contributed by atoms with E-state index in [0.717, 1.165) is 0 Å². The summed E-state index contributed by atoms with van der Waals surface area (Å²) in [5, 5.41) is 11.5. The van der Waals surface area contributed by atoms with Crippen molar-refractivity contribution in [1.29, 1.82) is 0 Å². The quantitative estimate of drug-likeness (QED) is 0.593. The van der Waals surface area contributed by atoms with Crippen molar-refractivity contribution in [2.75, 3.05) is 6.61 Å². The zero-order valence-corrected chi connectivity index (χ0v) is 20.5. The van der Waals surface area contributed by atoms with Crippen LogP contribution in [0.2, 0.25) is 0 Å². The Labute approximate surface area is 202 Å². The molecule has 186 valence electrons. The second-order valence-corrected chi connectivity index (χ2v) is 11.6. The Kier molecular flexibility index (Phi) is 5.11. The van der Waals surface area contributed by atoms with Crippen LogP contribution in [0.3, 0.4) is 0 Å². The summed E-state index contributed by atoms with van der Waals surface area (Å²) in [5.74, 6) is -2.71. The summed E-state index contributed by atoms with van der Waals surface area (Å²) < 4.78 is 34.6. The summed E-state index contributed by atoms with van der Waals surface area (Å²) in [7, 11) is 0. The molecule has 5 aliphatic rings. The predicted octanol–water partition coefficient (Wildman–Crippen LogP) is 3.80. The van der Waals surface area contributed by atoms with Crippen molar-refractivity contribution in [3.05, 3.63) is 23.8 Å². The van der Waals surface area contributed by atoms with Crippen molar-refractivity contribution in [3.8, 4) is 0 Å². The molecule has 0 aromatic rings. The normalized spacial score (nSPS) is 48.3. The van der Waals surface area contributed by atoms with Gasteiger partial charge in [0.1, 0.15) is 0 Å². The number of halogens is 2. The first-order valence-electron chi connectivity index (χ1n) is 11.8. The SMILES string of the molecule is CC1(C)OC2CC3C4CCC5=CC(=O)C=CC5(C)C4(F)C(O)CC3(C)C2(C(=O)COC(=O)Cl)O1. The minimum Gasteiger partial charge on any atom is -0.446 e. The van der Waals surface area contributed by atoms with E-state index in [1.165, 1.54) is 12.2 Å². The van der Waals surface area contributed by atoms with Gasteiger partial charge in [0.2, 0.25) is 5.78 Å². The topological polar surface area (TPSA) is 99.1 Å². The van der Waals surface area contributed by atoms with Crippen LogP contribution < -0.4 is 0 Å². The van der Waals surface area contributed by atoms with Crippen molar-refractivity contribution < 1.29 is 38.1 Å². The summed E-state index contributed by atoms with van der Waals surface area (Å²) in [5.41, 5.74) is -6.08. The number of rotatable bonds is 3. The Hall–Kier alpha value is -1.61. The van der Waals surface area contributed by atoms with E-state index in [4.69, 9.17) is 25.8 Å². The molecular formula is C25H30ClFO7. The third-order valence-corrected chi connectivity index (χ3v) is 9.47. The molecule has 5 rings (SSSR count). The van der Waals surface area contributed by atoms with Crippen molar-refractivity contribution >= 4 is 28.6 Å². The summed E-state index contributed by atoms with van der Waals surface area (Å²) in [4.78, 5) is 36.8. The van der Waals surface area contributed by atoms with Crippen LogP contribution in [0.25, 0.3) is 0 Å². The number of fused-ring (bicyclic) bond motifs is 7. The molecule has 0 radical (unpaired) electrons. The fourth-order valence-electron chi connectivity index (χ4n) is 8.04. The monoisotopic (exact) mass is 496 g/mol. The highest BCUT2D eigenvalue weighted by atomic mass is 35.5. The summed E-state index contributed by atoms with van der Waals surface area (Å²) in [6, 6.07) is 0. The lowest BCUT2D eigenvalue weighted by atomic mass is 9.44. The Morgan fingerprint density at radius 3 is 2.65 bits per heavy atom. The molecule has 9 heteroatoms. The Bertz CT molecular complexity index is 1040. The predicted molar refractivity (Wildman–Crippen MR) is 119 cm³/mol. The zero-order valence-electron chi connectivity index (χ0n) is 19.7. The molecule has 8 unspecified atom stereocenters. The van der Waals surface area contributed by atoms with Gasteiger partial charge < -0.3 is 19.3 Å². The molecule has 4 fully saturated rings. The van der Waals surface area contributed by atoms with E-state index in [1.54, 1.807) is 26.8 Å². The van der Waals surface area contributed by atoms with E-state index < -0.39 is 63.8 Å². The lowest BCUT2D eigenvalue weighted by molar-refractivity contribution is -0.246. The molecule has 3 saturated carbocycles. The molecular weight excluding hydrogens is 467 g/mol. The van der Waals surface area contributed by atoms with E-state index in [1.807, 2.05) is 6.92 Å². The Balaban J connectivity index is 1.60. The molecule has 1 aliphatic heterocycles. The first kappa shape index (κ1) is 24.1. The molecule has 34 heavy (non-hydrogen) atoms. The van der Waals surface area contributed by atoms with Crippen molar-refractivity contribution in [2.45, 2.75) is 82.6 Å². The van der Waals surface area contributed by atoms with E-state index in [-0.39, 0.29) is 18.1 Å². The minimum atomic E-state index is -2.03. The van der Waals surface area contributed by atoms with Crippen molar-refractivity contribution in [2.24, 2.45) is 22.7 Å². The van der Waals surface area contributed by atoms with E-state index in [0.29, 0.717) is 24.8 Å². The fourth-order valence-corrected chi connectivity index (χ4v) is 8.09. The molecule has 0 bridgehead atoms. The average molecular weight is 497 g/mol. The van der Waals surface area contributed by atoms with Gasteiger partial charge in [0.05, 0.1) is 12.2 Å². The van der Waals surface area contributed by atoms with Gasteiger partial charge >= 0.3 is 5.43 Å². The number of aliphatic hydroxyl groups is 1. The third-order valence-electron chi connectivity index (χ3n) is 9.36. The molecule has 1 saturated heterocycles. The van der Waals surface area contributed by atoms with Gasteiger partial charge in [-0.25, -0.2) is 9.18 Å². The van der Waals surface area contributed by atoms with Crippen LogP contribution in [0.5, 0.6) is 0 Å². The van der Waals surface area contributed by atoms with Gasteiger partial charge in [0.25, 0.3) is 0 Å². The first-order chi connectivity index (χ1) is 15.7. The maximum absolute atomic E-state index is 17.3. The maximum Gasteiger partial charge on any atom is 0.404 e. The highest BCUT2D eigenvalue weighted by Gasteiger charge is 2.80. The standard InChI is InChI=1S/C25H30ClFO7/c1-21(2)33-19-10-16-15-6-5-13-9-14(28)7-8-22(13,3)24(15,27)17(29)11-23(16,4)25(19,34-21)18(30)12-32-20(26)31/h7-9,15-17,19,29H,5-6,10-12H2,1-4H3. The van der Waals surface area contributed by atoms with Crippen molar-refractivity contribution in [3.63, 3.8) is 0 Å². The Morgan fingerprint density at radius 1 is 1.26 bits per heavy atom. The number of carbonyl (C=O) groups excluding carboxylic acids is 3. The molecule has 8 atom stereocenters. The van der Waals surface area contributed by atoms with Crippen LogP contribution in [0.1, 0.15) is 53.4 Å². The fraction of sp³-hybridized carbons (Fsp3) is 0.720. The highest BCUT2D eigenvalue weighted by Crippen LogP contribution is 2.72. The lowest BCUT2D eigenvalue weighted by Gasteiger charge is -2.62. The second kappa shape index (κ2) is 7.21. The average Bonchev–Trinajstić information content (AvgIpc) is 3.14. The van der Waals surface area contributed by atoms with Crippen LogP contribution in [0, 0.1) is 22.7 Å². The van der Waals surface area contributed by atoms with Crippen LogP contribution in [-0.2, 0) is 23.8 Å². The van der Waals surface area contributed by atoms with Gasteiger partial charge in [0.15, 0.2) is 29.4 Å². The van der Waals surface area contributed by atoms with E-state index >= 15 is 4.39 Å². The number of hydrogen-bond donors (Lipinski definition) is 1. The number of allylic oxidation sites excluding steroid dienone is 4. The maximum atomic E-state index is 17.3. The number of ether oxygens (including phenoxy) is 3. The first-order valence-corrected chi connectivity index (χ1v) is 12.1. The zero-order chi connectivity index (χ0) is 24.9. The number of hydrogen-bond acceptors (Lipinski definition) is 7. The molecule has 4 aliphatic carbocycles. The van der Waals surface area contributed by atoms with Crippen LogP contribution in [0.4, 0.5) is 9.18 Å². The van der Waals surface area contributed by atoms with Crippen LogP contribution in [-0.4, -0.2) is 58.0 Å². The highest BCUT2D eigenvalue weighted by molar-refractivity contribution is 6.61. The van der Waals surface area contributed by atoms with Crippen LogP contribution in [0.15, 0.2) is 23.8 Å². The van der Waals surface area contributed by atoms with Crippen molar-refractivity contribution in [1.82, 2.24) is 0 Å². The third kappa shape index (κ3) is 2.83. The molecule has 7 nitrogen and oxygen atoms in total. The summed E-state index contributed by atoms with van der Waals surface area (Å²) in [6.45, 7) is 6.39. The number of Topliss-reactive ketones (excluding diaryl/α,β-unsaturated/α-hetero) is 1. The van der Waals surface area contributed by atoms with E-state index in [2.05, 4.69) is 0 Å². The number of aliphatic hydroxyl groups excluding tert-OH is 1. The van der Waals surface area contributed by atoms with Gasteiger partial charge in [-0.3, -0.25) is 9.59 Å². The molecule has 0 aromatic carbocycles. The second-order valence-electron chi connectivity index (χ2n) is 11.3. The van der Waals surface area contributed by atoms with Gasteiger partial charge in [0, 0.05) is 28.3 Å². The van der Waals surface area contributed by atoms with Crippen LogP contribution >= 0.6 is 11.6 Å². The number of carbonyl (C=O) groups is 3. The lowest BCUT2D eigenvalue weighted by Crippen LogP contribution is -2.70. The van der Waals surface area contributed by atoms with Gasteiger partial charge in [-0.05, 0) is 64.5 Å². The molecule has 1 heterocycles. The van der Waals surface area contributed by atoms with Gasteiger partial charge in [-0.2, -0.15) is 0 Å². The summed E-state index contributed by atoms with van der Waals surface area (Å²) >= 11 is 5.31. The van der Waals surface area contributed by atoms with Gasteiger partial charge in [-0.1, -0.05) is 18.6 Å². The number of alkyl halides is 1. The smallest absolute Gasteiger partial charge is 0.404 e. The van der Waals surface area contributed by atoms with Gasteiger partial charge in [-0.15, -0.1) is 0 Å². The molecule has 0 aromatic heterocycles. The molecule has 1 N–H and O–H groups in total.